The quantitative estimate of drug-likeness (QED) is 0.730. The summed E-state index contributed by atoms with van der Waals surface area (Å²) in [4.78, 5) is 7.90. The van der Waals surface area contributed by atoms with Crippen LogP contribution in [0.15, 0.2) is 41.7 Å². The van der Waals surface area contributed by atoms with E-state index < -0.39 is 11.7 Å². The topological polar surface area (TPSA) is 25.2 Å². The Morgan fingerprint density at radius 1 is 1.25 bits per heavy atom. The molecule has 0 fully saturated rings. The third-order valence-electron chi connectivity index (χ3n) is 2.68. The fourth-order valence-corrected chi connectivity index (χ4v) is 1.72. The van der Waals surface area contributed by atoms with Crippen LogP contribution in [0.4, 0.5) is 18.9 Å². The zero-order chi connectivity index (χ0) is 14.8. The lowest BCUT2D eigenvalue weighted by Crippen LogP contribution is -2.04. The maximum atomic E-state index is 12.6. The number of hydrogen-bond acceptors (Lipinski definition) is 2. The monoisotopic (exact) mass is 298 g/mol. The molecule has 1 heterocycles. The van der Waals surface area contributed by atoms with E-state index in [1.165, 1.54) is 24.7 Å². The van der Waals surface area contributed by atoms with Crippen molar-refractivity contribution < 1.29 is 13.2 Å². The fourth-order valence-electron chi connectivity index (χ4n) is 1.55. The molecule has 6 heteroatoms. The summed E-state index contributed by atoms with van der Waals surface area (Å²) < 4.78 is 37.9. The van der Waals surface area contributed by atoms with Gasteiger partial charge in [0.25, 0.3) is 0 Å². The lowest BCUT2D eigenvalue weighted by atomic mass is 10.1. The van der Waals surface area contributed by atoms with Gasteiger partial charge in [-0.05, 0) is 30.7 Å². The first-order chi connectivity index (χ1) is 9.38. The maximum absolute atomic E-state index is 12.6. The number of nitrogens with zero attached hydrogens (tertiary/aromatic N) is 2. The van der Waals surface area contributed by atoms with Crippen LogP contribution in [-0.2, 0) is 6.18 Å². The Morgan fingerprint density at radius 2 is 2.00 bits per heavy atom. The van der Waals surface area contributed by atoms with Crippen LogP contribution in [0.5, 0.6) is 0 Å². The van der Waals surface area contributed by atoms with Crippen LogP contribution >= 0.6 is 11.6 Å². The van der Waals surface area contributed by atoms with Gasteiger partial charge in [0, 0.05) is 24.2 Å². The van der Waals surface area contributed by atoms with Crippen molar-refractivity contribution in [2.75, 3.05) is 0 Å². The molecule has 0 aliphatic rings. The number of aryl methyl sites for hydroxylation is 1. The maximum Gasteiger partial charge on any atom is 0.416 e. The highest BCUT2D eigenvalue weighted by molar-refractivity contribution is 6.32. The molecule has 2 rings (SSSR count). The van der Waals surface area contributed by atoms with Crippen molar-refractivity contribution in [2.24, 2.45) is 4.99 Å². The molecule has 2 nitrogen and oxygen atoms in total. The summed E-state index contributed by atoms with van der Waals surface area (Å²) in [7, 11) is 0. The molecule has 0 atom stereocenters. The second-order valence-corrected chi connectivity index (χ2v) is 4.56. The fraction of sp³-hybridized carbons (Fsp3) is 0.143. The van der Waals surface area contributed by atoms with Gasteiger partial charge in [0.15, 0.2) is 0 Å². The van der Waals surface area contributed by atoms with Crippen LogP contribution in [0.1, 0.15) is 16.7 Å². The van der Waals surface area contributed by atoms with Gasteiger partial charge in [0.2, 0.25) is 0 Å². The van der Waals surface area contributed by atoms with Gasteiger partial charge in [0.05, 0.1) is 16.3 Å². The van der Waals surface area contributed by atoms with E-state index >= 15 is 0 Å². The van der Waals surface area contributed by atoms with Crippen molar-refractivity contribution in [3.05, 3.63) is 58.4 Å². The predicted octanol–water partition coefficient (Wildman–Crippen LogP) is 4.81. The minimum Gasteiger partial charge on any atom is -0.263 e. The molecule has 1 aromatic heterocycles. The Bertz CT molecular complexity index is 651. The van der Waals surface area contributed by atoms with Crippen molar-refractivity contribution in [1.82, 2.24) is 4.98 Å². The zero-order valence-electron chi connectivity index (χ0n) is 10.4. The van der Waals surface area contributed by atoms with Crippen LogP contribution in [0.2, 0.25) is 5.02 Å². The van der Waals surface area contributed by atoms with Crippen LogP contribution in [0.25, 0.3) is 0 Å². The Labute approximate surface area is 118 Å². The summed E-state index contributed by atoms with van der Waals surface area (Å²) in [6.45, 7) is 1.70. The van der Waals surface area contributed by atoms with E-state index in [0.717, 1.165) is 12.1 Å². The van der Waals surface area contributed by atoms with E-state index in [1.54, 1.807) is 13.0 Å². The third kappa shape index (κ3) is 3.36. The standard InChI is InChI=1S/C14H10ClF3N2/c1-9-2-3-11(14(16,17)18)6-13(9)20-7-10-4-5-19-8-12(10)15/h2-8H,1H3. The first-order valence-corrected chi connectivity index (χ1v) is 6.07. The molecule has 2 aromatic rings. The largest absolute Gasteiger partial charge is 0.416 e. The summed E-state index contributed by atoms with van der Waals surface area (Å²) in [6.07, 6.45) is 0.0207. The molecule has 0 amide bonds. The average Bonchev–Trinajstić information content (AvgIpc) is 2.38. The van der Waals surface area contributed by atoms with Crippen LogP contribution < -0.4 is 0 Å². The Morgan fingerprint density at radius 3 is 2.65 bits per heavy atom. The minimum absolute atomic E-state index is 0.257. The molecule has 0 spiro atoms. The normalized spacial score (nSPS) is 12.1. The molecule has 0 unspecified atom stereocenters. The molecule has 1 aromatic carbocycles. The van der Waals surface area contributed by atoms with Crippen molar-refractivity contribution in [2.45, 2.75) is 13.1 Å². The Hall–Kier alpha value is -1.88. The first kappa shape index (κ1) is 14.5. The number of alkyl halides is 3. The summed E-state index contributed by atoms with van der Waals surface area (Å²) in [5.74, 6) is 0. The van der Waals surface area contributed by atoms with Gasteiger partial charge in [-0.25, -0.2) is 0 Å². The van der Waals surface area contributed by atoms with Gasteiger partial charge in [-0.1, -0.05) is 17.7 Å². The second-order valence-electron chi connectivity index (χ2n) is 4.15. The first-order valence-electron chi connectivity index (χ1n) is 5.69. The van der Waals surface area contributed by atoms with Gasteiger partial charge in [-0.3, -0.25) is 9.98 Å². The number of aliphatic imine (C=N–C) groups is 1. The Balaban J connectivity index is 2.36. The summed E-state index contributed by atoms with van der Waals surface area (Å²) in [5.41, 5.74) is 0.779. The smallest absolute Gasteiger partial charge is 0.263 e. The number of pyridine rings is 1. The van der Waals surface area contributed by atoms with Gasteiger partial charge >= 0.3 is 6.18 Å². The predicted molar refractivity (Wildman–Crippen MR) is 72.7 cm³/mol. The highest BCUT2D eigenvalue weighted by Crippen LogP contribution is 2.33. The van der Waals surface area contributed by atoms with Crippen LogP contribution in [0, 0.1) is 6.92 Å². The molecule has 0 saturated heterocycles. The molecule has 0 aliphatic heterocycles. The molecule has 0 saturated carbocycles. The summed E-state index contributed by atoms with van der Waals surface area (Å²) >= 11 is 5.90. The number of rotatable bonds is 2. The average molecular weight is 299 g/mol. The molecular weight excluding hydrogens is 289 g/mol. The van der Waals surface area contributed by atoms with Crippen molar-refractivity contribution >= 4 is 23.5 Å². The van der Waals surface area contributed by atoms with E-state index in [9.17, 15) is 13.2 Å². The van der Waals surface area contributed by atoms with E-state index in [0.29, 0.717) is 16.1 Å². The van der Waals surface area contributed by atoms with Gasteiger partial charge in [-0.15, -0.1) is 0 Å². The number of aromatic nitrogens is 1. The number of hydrogen-bond donors (Lipinski definition) is 0. The van der Waals surface area contributed by atoms with Crippen molar-refractivity contribution in [3.63, 3.8) is 0 Å². The highest BCUT2D eigenvalue weighted by Gasteiger charge is 2.30. The highest BCUT2D eigenvalue weighted by atomic mass is 35.5. The van der Waals surface area contributed by atoms with E-state index in [2.05, 4.69) is 9.98 Å². The minimum atomic E-state index is -4.38. The summed E-state index contributed by atoms with van der Waals surface area (Å²) in [6, 6.07) is 5.08. The number of benzene rings is 1. The van der Waals surface area contributed by atoms with Crippen LogP contribution in [-0.4, -0.2) is 11.2 Å². The molecule has 0 radical (unpaired) electrons. The summed E-state index contributed by atoms with van der Waals surface area (Å²) in [5, 5.41) is 0.390. The molecule has 0 aliphatic carbocycles. The second kappa shape index (κ2) is 5.63. The van der Waals surface area contributed by atoms with Crippen molar-refractivity contribution in [3.8, 4) is 0 Å². The van der Waals surface area contributed by atoms with E-state index in [-0.39, 0.29) is 5.69 Å². The zero-order valence-corrected chi connectivity index (χ0v) is 11.2. The van der Waals surface area contributed by atoms with Gasteiger partial charge < -0.3 is 0 Å². The molecule has 20 heavy (non-hydrogen) atoms. The van der Waals surface area contributed by atoms with Gasteiger partial charge in [-0.2, -0.15) is 13.2 Å². The lowest BCUT2D eigenvalue weighted by Gasteiger charge is -2.08. The van der Waals surface area contributed by atoms with Crippen molar-refractivity contribution in [1.29, 1.82) is 0 Å². The third-order valence-corrected chi connectivity index (χ3v) is 3.00. The van der Waals surface area contributed by atoms with Gasteiger partial charge in [0.1, 0.15) is 0 Å². The molecular formula is C14H10ClF3N2. The Kier molecular flexibility index (Phi) is 4.09. The number of halogens is 4. The van der Waals surface area contributed by atoms with E-state index in [1.807, 2.05) is 0 Å². The molecule has 104 valence electrons. The SMILES string of the molecule is Cc1ccc(C(F)(F)F)cc1N=Cc1ccncc1Cl. The lowest BCUT2D eigenvalue weighted by molar-refractivity contribution is -0.137. The molecule has 0 bridgehead atoms. The molecule has 0 N–H and O–H groups in total. The van der Waals surface area contributed by atoms with E-state index in [4.69, 9.17) is 11.6 Å². The van der Waals surface area contributed by atoms with Crippen LogP contribution in [0.3, 0.4) is 0 Å².